The highest BCUT2D eigenvalue weighted by atomic mass is 35.5. The first kappa shape index (κ1) is 16.6. The molecule has 0 saturated carbocycles. The van der Waals surface area contributed by atoms with Crippen LogP contribution in [0.2, 0.25) is 5.02 Å². The van der Waals surface area contributed by atoms with Crippen molar-refractivity contribution in [3.05, 3.63) is 62.5 Å². The van der Waals surface area contributed by atoms with Crippen molar-refractivity contribution in [2.45, 2.75) is 26.3 Å². The second kappa shape index (κ2) is 6.00. The maximum absolute atomic E-state index is 11.5. The third-order valence-corrected chi connectivity index (χ3v) is 6.71. The molecule has 8 heteroatoms. The van der Waals surface area contributed by atoms with Gasteiger partial charge in [-0.3, -0.25) is 14.4 Å². The number of thiophene rings is 1. The molecule has 3 aromatic rings. The number of hydrogen-bond acceptors (Lipinski definition) is 5. The number of carboxylic acid groups (broad SMARTS) is 1. The summed E-state index contributed by atoms with van der Waals surface area (Å²) in [7, 11) is 0. The molecule has 0 spiro atoms. The zero-order chi connectivity index (χ0) is 18.7. The van der Waals surface area contributed by atoms with Gasteiger partial charge in [0, 0.05) is 21.0 Å². The first-order valence-electron chi connectivity index (χ1n) is 8.63. The Hall–Kier alpha value is -2.51. The van der Waals surface area contributed by atoms with E-state index in [0.29, 0.717) is 24.4 Å². The fourth-order valence-corrected chi connectivity index (χ4v) is 5.57. The molecule has 1 aromatic carbocycles. The van der Waals surface area contributed by atoms with Crippen LogP contribution in [0.3, 0.4) is 0 Å². The first-order valence-corrected chi connectivity index (χ1v) is 9.82. The van der Waals surface area contributed by atoms with E-state index >= 15 is 0 Å². The fraction of sp³-hybridized carbons (Fsp3) is 0.263. The van der Waals surface area contributed by atoms with Crippen LogP contribution in [0.1, 0.15) is 33.2 Å². The number of fused-ring (bicyclic) bond motifs is 5. The molecule has 2 aromatic heterocycles. The third kappa shape index (κ3) is 2.45. The van der Waals surface area contributed by atoms with Gasteiger partial charge in [-0.15, -0.1) is 21.5 Å². The molecular weight excluding hydrogens is 384 g/mol. The maximum Gasteiger partial charge on any atom is 0.307 e. The number of aliphatic imine (C=N–C) groups is 1. The van der Waals surface area contributed by atoms with Crippen LogP contribution in [0.4, 0.5) is 0 Å². The van der Waals surface area contributed by atoms with E-state index in [1.54, 1.807) is 11.3 Å². The maximum atomic E-state index is 11.5. The standard InChI is InChI=1S/C19H15ClN4O2S/c1-9-22-23-15-8-21-17(11-4-2-3-5-13(11)20)16-12-6-10(19(25)26)7-14(12)27-18(16)24(9)15/h2-5,10H,6-8H2,1H3,(H,25,26)/t10-/m1/s1. The smallest absolute Gasteiger partial charge is 0.307 e. The Morgan fingerprint density at radius 1 is 1.30 bits per heavy atom. The van der Waals surface area contributed by atoms with Gasteiger partial charge in [0.15, 0.2) is 5.82 Å². The lowest BCUT2D eigenvalue weighted by Crippen LogP contribution is -2.15. The minimum Gasteiger partial charge on any atom is -0.481 e. The van der Waals surface area contributed by atoms with E-state index in [9.17, 15) is 9.90 Å². The van der Waals surface area contributed by atoms with Crippen molar-refractivity contribution in [1.29, 1.82) is 0 Å². The molecule has 0 saturated heterocycles. The van der Waals surface area contributed by atoms with Crippen LogP contribution >= 0.6 is 22.9 Å². The van der Waals surface area contributed by atoms with Gasteiger partial charge >= 0.3 is 5.97 Å². The van der Waals surface area contributed by atoms with E-state index in [4.69, 9.17) is 16.6 Å². The van der Waals surface area contributed by atoms with Crippen molar-refractivity contribution >= 4 is 34.6 Å². The summed E-state index contributed by atoms with van der Waals surface area (Å²) in [6.07, 6.45) is 1.06. The molecule has 5 rings (SSSR count). The minimum atomic E-state index is -0.752. The summed E-state index contributed by atoms with van der Waals surface area (Å²) in [6.45, 7) is 2.32. The van der Waals surface area contributed by atoms with E-state index in [1.807, 2.05) is 35.8 Å². The predicted octanol–water partition coefficient (Wildman–Crippen LogP) is 3.44. The molecule has 6 nitrogen and oxygen atoms in total. The van der Waals surface area contributed by atoms with Crippen molar-refractivity contribution in [2.24, 2.45) is 10.9 Å². The summed E-state index contributed by atoms with van der Waals surface area (Å²) < 4.78 is 2.04. The molecule has 1 aliphatic heterocycles. The molecule has 0 unspecified atom stereocenters. The number of aliphatic carboxylic acids is 1. The van der Waals surface area contributed by atoms with Gasteiger partial charge in [-0.05, 0) is 31.4 Å². The second-order valence-electron chi connectivity index (χ2n) is 6.77. The van der Waals surface area contributed by atoms with Crippen molar-refractivity contribution in [1.82, 2.24) is 14.8 Å². The van der Waals surface area contributed by atoms with Gasteiger partial charge in [0.1, 0.15) is 17.4 Å². The molecule has 0 amide bonds. The quantitative estimate of drug-likeness (QED) is 0.717. The van der Waals surface area contributed by atoms with Gasteiger partial charge in [-0.25, -0.2) is 0 Å². The van der Waals surface area contributed by atoms with Crippen molar-refractivity contribution < 1.29 is 9.90 Å². The van der Waals surface area contributed by atoms with Gasteiger partial charge in [0.05, 0.1) is 11.6 Å². The van der Waals surface area contributed by atoms with Crippen molar-refractivity contribution in [3.63, 3.8) is 0 Å². The van der Waals surface area contributed by atoms with E-state index in [0.717, 1.165) is 43.9 Å². The van der Waals surface area contributed by atoms with Crippen LogP contribution in [0.25, 0.3) is 5.00 Å². The highest BCUT2D eigenvalue weighted by Crippen LogP contribution is 2.43. The molecule has 0 bridgehead atoms. The zero-order valence-corrected chi connectivity index (χ0v) is 16.0. The van der Waals surface area contributed by atoms with Gasteiger partial charge < -0.3 is 5.11 Å². The number of halogens is 1. The molecule has 0 fully saturated rings. The highest BCUT2D eigenvalue weighted by Gasteiger charge is 2.36. The van der Waals surface area contributed by atoms with Crippen LogP contribution < -0.4 is 0 Å². The van der Waals surface area contributed by atoms with E-state index in [2.05, 4.69) is 10.2 Å². The summed E-state index contributed by atoms with van der Waals surface area (Å²) in [6, 6.07) is 7.63. The lowest BCUT2D eigenvalue weighted by atomic mass is 9.97. The normalized spacial score (nSPS) is 17.7. The Morgan fingerprint density at radius 3 is 2.89 bits per heavy atom. The fourth-order valence-electron chi connectivity index (χ4n) is 3.87. The van der Waals surface area contributed by atoms with Gasteiger partial charge in [-0.2, -0.15) is 0 Å². The Morgan fingerprint density at radius 2 is 2.11 bits per heavy atom. The second-order valence-corrected chi connectivity index (χ2v) is 8.26. The predicted molar refractivity (Wildman–Crippen MR) is 103 cm³/mol. The molecule has 27 heavy (non-hydrogen) atoms. The number of rotatable bonds is 2. The third-order valence-electron chi connectivity index (χ3n) is 5.14. The van der Waals surface area contributed by atoms with Crippen LogP contribution in [0.15, 0.2) is 29.3 Å². The van der Waals surface area contributed by atoms with Crippen molar-refractivity contribution in [3.8, 4) is 5.00 Å². The molecule has 2 aliphatic rings. The number of aromatic nitrogens is 3. The van der Waals surface area contributed by atoms with Crippen LogP contribution in [-0.2, 0) is 24.2 Å². The molecule has 0 radical (unpaired) electrons. The summed E-state index contributed by atoms with van der Waals surface area (Å²) in [5.41, 5.74) is 3.72. The summed E-state index contributed by atoms with van der Waals surface area (Å²) in [5, 5.41) is 19.6. The lowest BCUT2D eigenvalue weighted by Gasteiger charge is -2.12. The summed E-state index contributed by atoms with van der Waals surface area (Å²) in [5.74, 6) is 0.453. The van der Waals surface area contributed by atoms with E-state index in [-0.39, 0.29) is 5.92 Å². The number of benzene rings is 1. The minimum absolute atomic E-state index is 0.381. The van der Waals surface area contributed by atoms with Gasteiger partial charge in [-0.1, -0.05) is 29.8 Å². The number of carbonyl (C=O) groups is 1. The Labute approximate surface area is 164 Å². The molecule has 1 atom stereocenters. The van der Waals surface area contributed by atoms with Crippen molar-refractivity contribution in [2.75, 3.05) is 0 Å². The van der Waals surface area contributed by atoms with Crippen LogP contribution in [-0.4, -0.2) is 31.6 Å². The topological polar surface area (TPSA) is 80.4 Å². The monoisotopic (exact) mass is 398 g/mol. The number of hydrogen-bond donors (Lipinski definition) is 1. The summed E-state index contributed by atoms with van der Waals surface area (Å²) >= 11 is 8.11. The molecular formula is C19H15ClN4O2S. The number of nitrogens with zero attached hydrogens (tertiary/aromatic N) is 4. The molecule has 1 aliphatic carbocycles. The number of aryl methyl sites for hydroxylation is 1. The Bertz CT molecular complexity index is 1130. The SMILES string of the molecule is Cc1nnc2n1-c1sc3c(c1C(c1ccccc1Cl)=NC2)C[C@@H](C(=O)O)C3. The number of carboxylic acids is 1. The highest BCUT2D eigenvalue weighted by molar-refractivity contribution is 7.15. The molecule has 136 valence electrons. The van der Waals surface area contributed by atoms with Crippen LogP contribution in [0, 0.1) is 12.8 Å². The van der Waals surface area contributed by atoms with E-state index < -0.39 is 5.97 Å². The van der Waals surface area contributed by atoms with E-state index in [1.165, 1.54) is 0 Å². The largest absolute Gasteiger partial charge is 0.481 e. The Kier molecular flexibility index (Phi) is 3.70. The zero-order valence-electron chi connectivity index (χ0n) is 14.4. The first-order chi connectivity index (χ1) is 13.0. The average molecular weight is 399 g/mol. The molecule has 3 heterocycles. The van der Waals surface area contributed by atoms with Gasteiger partial charge in [0.25, 0.3) is 0 Å². The average Bonchev–Trinajstić information content (AvgIpc) is 3.27. The van der Waals surface area contributed by atoms with Gasteiger partial charge in [0.2, 0.25) is 0 Å². The van der Waals surface area contributed by atoms with Crippen LogP contribution in [0.5, 0.6) is 0 Å². The molecule has 1 N–H and O–H groups in total. The lowest BCUT2D eigenvalue weighted by molar-refractivity contribution is -0.141. The Balaban J connectivity index is 1.77. The summed E-state index contributed by atoms with van der Waals surface area (Å²) in [4.78, 5) is 17.5.